The van der Waals surface area contributed by atoms with Gasteiger partial charge >= 0.3 is 12.1 Å². The number of nitrogens with one attached hydrogen (secondary N) is 1. The molecule has 4 heterocycles. The monoisotopic (exact) mass is 496 g/mol. The van der Waals surface area contributed by atoms with Crippen LogP contribution in [0.4, 0.5) is 4.79 Å². The third-order valence-electron chi connectivity index (χ3n) is 6.20. The number of hydrogen-bond donors (Lipinski definition) is 1. The van der Waals surface area contributed by atoms with Crippen LogP contribution < -0.4 is 10.1 Å². The Hall–Kier alpha value is -3.44. The van der Waals surface area contributed by atoms with Crippen LogP contribution in [0.1, 0.15) is 32.8 Å². The Bertz CT molecular complexity index is 1510. The molecule has 4 aromatic rings. The lowest BCUT2D eigenvalue weighted by Crippen LogP contribution is -2.53. The number of hydrogen-bond acceptors (Lipinski definition) is 7. The van der Waals surface area contributed by atoms with Crippen LogP contribution in [0.5, 0.6) is 6.01 Å². The van der Waals surface area contributed by atoms with E-state index in [4.69, 9.17) is 4.74 Å². The molecule has 0 radical (unpaired) electrons. The van der Waals surface area contributed by atoms with Crippen LogP contribution in [0.25, 0.3) is 16.7 Å². The van der Waals surface area contributed by atoms with Gasteiger partial charge in [0.25, 0.3) is 10.0 Å². The first kappa shape index (κ1) is 23.3. The number of rotatable bonds is 4. The first-order valence-corrected chi connectivity index (χ1v) is 12.9. The Labute approximate surface area is 203 Å². The number of aromatic nitrogens is 4. The molecule has 10 nitrogen and oxygen atoms in total. The van der Waals surface area contributed by atoms with Crippen molar-refractivity contribution in [1.29, 1.82) is 0 Å². The molecule has 0 aliphatic carbocycles. The lowest BCUT2D eigenvalue weighted by molar-refractivity contribution is 0.0790. The number of fused-ring (bicyclic) bond motifs is 3. The fourth-order valence-electron chi connectivity index (χ4n) is 4.55. The molecule has 184 valence electrons. The van der Waals surface area contributed by atoms with E-state index in [1.807, 2.05) is 27.7 Å². The lowest BCUT2D eigenvalue weighted by atomic mass is 10.0. The minimum atomic E-state index is -3.87. The molecular formula is C24H28N6O4S. The lowest BCUT2D eigenvalue weighted by Gasteiger charge is -2.38. The van der Waals surface area contributed by atoms with Crippen LogP contribution >= 0.6 is 0 Å². The van der Waals surface area contributed by atoms with Crippen molar-refractivity contribution in [3.05, 3.63) is 54.5 Å². The SMILES string of the molecule is Cc1ccc(S(=O)(=O)n2ccc3c2ncc2cnc(OC(=O)N(C4CCNC4)C(C)(C)C)n23)cc1. The summed E-state index contributed by atoms with van der Waals surface area (Å²) in [5.74, 6) is 0. The summed E-state index contributed by atoms with van der Waals surface area (Å²) < 4.78 is 35.1. The van der Waals surface area contributed by atoms with Crippen LogP contribution in [-0.4, -0.2) is 62.4 Å². The average Bonchev–Trinajstić information content (AvgIpc) is 3.53. The first-order valence-electron chi connectivity index (χ1n) is 11.4. The number of benzene rings is 1. The van der Waals surface area contributed by atoms with Crippen LogP contribution in [0.3, 0.4) is 0 Å². The van der Waals surface area contributed by atoms with Crippen LogP contribution in [0.2, 0.25) is 0 Å². The molecule has 1 fully saturated rings. The Morgan fingerprint density at radius 1 is 1.14 bits per heavy atom. The summed E-state index contributed by atoms with van der Waals surface area (Å²) in [4.78, 5) is 23.9. The van der Waals surface area contributed by atoms with Gasteiger partial charge in [0.2, 0.25) is 0 Å². The predicted molar refractivity (Wildman–Crippen MR) is 131 cm³/mol. The van der Waals surface area contributed by atoms with Gasteiger partial charge in [-0.15, -0.1) is 0 Å². The van der Waals surface area contributed by atoms with Crippen molar-refractivity contribution in [2.24, 2.45) is 0 Å². The number of nitrogens with zero attached hydrogens (tertiary/aromatic N) is 5. The van der Waals surface area contributed by atoms with E-state index in [0.29, 0.717) is 17.6 Å². The molecule has 1 N–H and O–H groups in total. The van der Waals surface area contributed by atoms with Gasteiger partial charge in [-0.3, -0.25) is 9.30 Å². The fraction of sp³-hybridized carbons (Fsp3) is 0.375. The highest BCUT2D eigenvalue weighted by molar-refractivity contribution is 7.90. The number of aryl methyl sites for hydroxylation is 1. The number of carbonyl (C=O) groups excluding carboxylic acids is 1. The van der Waals surface area contributed by atoms with Crippen molar-refractivity contribution < 1.29 is 17.9 Å². The number of amides is 1. The van der Waals surface area contributed by atoms with Crippen molar-refractivity contribution in [3.63, 3.8) is 0 Å². The summed E-state index contributed by atoms with van der Waals surface area (Å²) in [5.41, 5.74) is 1.76. The minimum absolute atomic E-state index is 0.0103. The second-order valence-electron chi connectivity index (χ2n) is 9.75. The molecule has 0 saturated carbocycles. The fourth-order valence-corrected chi connectivity index (χ4v) is 5.85. The molecule has 0 bridgehead atoms. The summed E-state index contributed by atoms with van der Waals surface area (Å²) in [5, 5.41) is 3.29. The maximum Gasteiger partial charge on any atom is 0.418 e. The molecule has 1 aliphatic rings. The molecule has 11 heteroatoms. The number of imidazole rings is 1. The van der Waals surface area contributed by atoms with E-state index in [9.17, 15) is 13.2 Å². The minimum Gasteiger partial charge on any atom is -0.375 e. The van der Waals surface area contributed by atoms with Gasteiger partial charge in [-0.25, -0.2) is 27.2 Å². The van der Waals surface area contributed by atoms with Gasteiger partial charge < -0.3 is 10.1 Å². The van der Waals surface area contributed by atoms with Crippen molar-refractivity contribution in [3.8, 4) is 6.01 Å². The van der Waals surface area contributed by atoms with E-state index in [0.717, 1.165) is 22.5 Å². The Kier molecular flexibility index (Phi) is 5.56. The van der Waals surface area contributed by atoms with E-state index < -0.39 is 21.7 Å². The molecule has 1 saturated heterocycles. The smallest absolute Gasteiger partial charge is 0.375 e. The zero-order valence-corrected chi connectivity index (χ0v) is 20.9. The van der Waals surface area contributed by atoms with E-state index in [2.05, 4.69) is 15.3 Å². The second-order valence-corrected chi connectivity index (χ2v) is 11.6. The zero-order chi connectivity index (χ0) is 25.0. The highest BCUT2D eigenvalue weighted by Gasteiger charge is 2.37. The van der Waals surface area contributed by atoms with Gasteiger partial charge in [0.1, 0.15) is 0 Å². The van der Waals surface area contributed by atoms with E-state index in [1.54, 1.807) is 45.8 Å². The first-order chi connectivity index (χ1) is 16.6. The van der Waals surface area contributed by atoms with Gasteiger partial charge in [0.15, 0.2) is 5.65 Å². The van der Waals surface area contributed by atoms with E-state index >= 15 is 0 Å². The summed E-state index contributed by atoms with van der Waals surface area (Å²) in [6, 6.07) is 8.33. The summed E-state index contributed by atoms with van der Waals surface area (Å²) in [7, 11) is -3.87. The molecule has 1 amide bonds. The van der Waals surface area contributed by atoms with Crippen LogP contribution in [-0.2, 0) is 10.0 Å². The largest absolute Gasteiger partial charge is 0.418 e. The summed E-state index contributed by atoms with van der Waals surface area (Å²) >= 11 is 0. The normalized spacial score (nSPS) is 16.7. The highest BCUT2D eigenvalue weighted by atomic mass is 32.2. The predicted octanol–water partition coefficient (Wildman–Crippen LogP) is 3.19. The molecule has 3 aromatic heterocycles. The third-order valence-corrected chi connectivity index (χ3v) is 7.88. The summed E-state index contributed by atoms with van der Waals surface area (Å²) in [6.07, 6.45) is 4.83. The van der Waals surface area contributed by atoms with Crippen molar-refractivity contribution in [2.45, 2.75) is 50.6 Å². The van der Waals surface area contributed by atoms with Gasteiger partial charge in [0.05, 0.1) is 28.3 Å². The second kappa shape index (κ2) is 8.35. The Balaban J connectivity index is 1.55. The highest BCUT2D eigenvalue weighted by Crippen LogP contribution is 2.27. The molecule has 0 spiro atoms. The third kappa shape index (κ3) is 4.04. The topological polar surface area (TPSA) is 111 Å². The molecule has 1 aliphatic heterocycles. The quantitative estimate of drug-likeness (QED) is 0.462. The molecule has 1 aromatic carbocycles. The number of ether oxygens (including phenoxy) is 1. The van der Waals surface area contributed by atoms with E-state index in [1.165, 1.54) is 12.4 Å². The molecule has 1 atom stereocenters. The molecule has 1 unspecified atom stereocenters. The molecule has 5 rings (SSSR count). The van der Waals surface area contributed by atoms with Crippen LogP contribution in [0, 0.1) is 6.92 Å². The zero-order valence-electron chi connectivity index (χ0n) is 20.1. The van der Waals surface area contributed by atoms with Crippen molar-refractivity contribution in [2.75, 3.05) is 13.1 Å². The Morgan fingerprint density at radius 2 is 1.86 bits per heavy atom. The summed E-state index contributed by atoms with van der Waals surface area (Å²) in [6.45, 7) is 9.33. The van der Waals surface area contributed by atoms with E-state index in [-0.39, 0.29) is 22.6 Å². The van der Waals surface area contributed by atoms with Gasteiger partial charge in [-0.2, -0.15) is 0 Å². The standard InChI is InChI=1S/C24H28N6O4S/c1-16-5-7-19(8-6-16)35(32,33)28-12-10-20-21(28)26-14-18-15-27-22(29(18)20)34-23(31)30(24(2,3)4)17-9-11-25-13-17/h5-8,10,12,14-15,17,25H,9,11,13H2,1-4H3. The van der Waals surface area contributed by atoms with Crippen molar-refractivity contribution >= 4 is 32.8 Å². The van der Waals surface area contributed by atoms with Gasteiger partial charge in [0, 0.05) is 24.3 Å². The number of carbonyl (C=O) groups is 1. The van der Waals surface area contributed by atoms with Crippen LogP contribution in [0.15, 0.2) is 53.8 Å². The van der Waals surface area contributed by atoms with Crippen molar-refractivity contribution in [1.82, 2.24) is 28.6 Å². The Morgan fingerprint density at radius 3 is 2.51 bits per heavy atom. The molecule has 35 heavy (non-hydrogen) atoms. The van der Waals surface area contributed by atoms with Gasteiger partial charge in [-0.05, 0) is 58.9 Å². The maximum atomic E-state index is 13.3. The molecular weight excluding hydrogens is 468 g/mol. The van der Waals surface area contributed by atoms with Gasteiger partial charge in [-0.1, -0.05) is 17.7 Å². The maximum absolute atomic E-state index is 13.3. The average molecular weight is 497 g/mol.